The molecule has 0 aromatic heterocycles. The number of hydrogen-bond acceptors (Lipinski definition) is 0. The molecule has 2 heteroatoms. The summed E-state index contributed by atoms with van der Waals surface area (Å²) in [7, 11) is 3.50. The minimum atomic E-state index is 0.750. The Hall–Kier alpha value is 0.492. The van der Waals surface area contributed by atoms with Gasteiger partial charge in [-0.1, -0.05) is 0 Å². The van der Waals surface area contributed by atoms with Crippen molar-refractivity contribution in [3.63, 3.8) is 0 Å². The van der Waals surface area contributed by atoms with E-state index in [0.29, 0.717) is 0 Å². The van der Waals surface area contributed by atoms with Gasteiger partial charge in [-0.15, -0.1) is 0 Å². The van der Waals surface area contributed by atoms with Crippen LogP contribution in [-0.4, -0.2) is 29.3 Å². The second-order valence-corrected chi connectivity index (χ2v) is 2.18. The van der Waals surface area contributed by atoms with Gasteiger partial charge in [0.2, 0.25) is 0 Å². The van der Waals surface area contributed by atoms with Gasteiger partial charge in [0.05, 0.1) is 0 Å². The van der Waals surface area contributed by atoms with Crippen molar-refractivity contribution in [2.75, 3.05) is 14.1 Å². The first-order valence-corrected chi connectivity index (χ1v) is 4.36. The van der Waals surface area contributed by atoms with Crippen LogP contribution in [0.25, 0.3) is 5.32 Å². The molecule has 0 aromatic rings. The maximum atomic E-state index is 3.50. The zero-order chi connectivity index (χ0) is 5.41. The van der Waals surface area contributed by atoms with Gasteiger partial charge in [-0.3, -0.25) is 0 Å². The summed E-state index contributed by atoms with van der Waals surface area (Å²) in [4.78, 5) is 0. The van der Waals surface area contributed by atoms with Gasteiger partial charge in [-0.25, -0.2) is 0 Å². The molecule has 6 heavy (non-hydrogen) atoms. The zero-order valence-electron chi connectivity index (χ0n) is 5.02. The Labute approximate surface area is 46.8 Å². The van der Waals surface area contributed by atoms with E-state index in [9.17, 15) is 0 Å². The minimum absolute atomic E-state index is 0.750. The van der Waals surface area contributed by atoms with E-state index in [1.165, 1.54) is 0 Å². The summed E-state index contributed by atoms with van der Waals surface area (Å²) in [6.07, 6.45) is 0. The molecule has 36 valence electrons. The Morgan fingerprint density at radius 1 is 1.17 bits per heavy atom. The second kappa shape index (κ2) is 17.8. The molecule has 0 saturated heterocycles. The zero-order valence-corrected chi connectivity index (χ0v) is 6.18. The Balaban J connectivity index is 0. The van der Waals surface area contributed by atoms with Gasteiger partial charge in [0.25, 0.3) is 0 Å². The summed E-state index contributed by atoms with van der Waals surface area (Å²) in [5, 5.41) is 3.50. The van der Waals surface area contributed by atoms with Crippen LogP contribution in [0.2, 0.25) is 11.6 Å². The third-order valence-corrected chi connectivity index (χ3v) is 0. The van der Waals surface area contributed by atoms with Gasteiger partial charge < -0.3 is 5.32 Å². The number of nitrogens with zero attached hydrogens (tertiary/aromatic N) is 1. The fraction of sp³-hybridized carbons (Fsp3) is 1.00. The predicted octanol–water partition coefficient (Wildman–Crippen LogP) is 1.41. The molecule has 1 nitrogen and oxygen atoms in total. The van der Waals surface area contributed by atoms with Crippen LogP contribution in [0.1, 0.15) is 0 Å². The third-order valence-electron chi connectivity index (χ3n) is 0. The van der Waals surface area contributed by atoms with Gasteiger partial charge >= 0.3 is 26.8 Å². The molecule has 0 N–H and O–H groups in total. The molecule has 0 fully saturated rings. The molecular formula is C4H12AlN. The molecule has 0 radical (unpaired) electrons. The molecule has 0 aromatic carbocycles. The summed E-state index contributed by atoms with van der Waals surface area (Å²) < 4.78 is 0. The van der Waals surface area contributed by atoms with Crippen molar-refractivity contribution in [1.82, 2.24) is 0 Å². The molecule has 0 aliphatic carbocycles. The van der Waals surface area contributed by atoms with Crippen LogP contribution in [0.4, 0.5) is 0 Å². The average Bonchev–Trinajstić information content (AvgIpc) is 1.39. The van der Waals surface area contributed by atoms with E-state index in [-0.39, 0.29) is 0 Å². The monoisotopic (exact) mass is 101 g/mol. The van der Waals surface area contributed by atoms with Crippen LogP contribution in [0, 0.1) is 0 Å². The van der Waals surface area contributed by atoms with Crippen LogP contribution in [0.15, 0.2) is 0 Å². The standard InChI is InChI=1S/C2H6N.2CH3.Al/c1-3-2;;;/h1-2H3;2*1H3;/q-1;;;+1. The van der Waals surface area contributed by atoms with Crippen molar-refractivity contribution in [3.8, 4) is 0 Å². The summed E-state index contributed by atoms with van der Waals surface area (Å²) in [6, 6.07) is 0. The van der Waals surface area contributed by atoms with Crippen molar-refractivity contribution in [2.45, 2.75) is 11.6 Å². The average molecular weight is 101 g/mol. The van der Waals surface area contributed by atoms with E-state index >= 15 is 0 Å². The van der Waals surface area contributed by atoms with Crippen molar-refractivity contribution < 1.29 is 0 Å². The molecule has 0 rings (SSSR count). The SMILES string of the molecule is C[N-]C.[CH3][Al+][CH3]. The van der Waals surface area contributed by atoms with E-state index in [1.54, 1.807) is 14.1 Å². The molecule has 0 unspecified atom stereocenters. The first-order chi connectivity index (χ1) is 2.83. The fourth-order valence-corrected chi connectivity index (χ4v) is 0. The van der Waals surface area contributed by atoms with Crippen LogP contribution in [-0.2, 0) is 0 Å². The summed E-state index contributed by atoms with van der Waals surface area (Å²) in [5.74, 6) is 4.42. The molecule has 0 amide bonds. The first kappa shape index (κ1) is 9.70. The Morgan fingerprint density at radius 2 is 1.17 bits per heavy atom. The third kappa shape index (κ3) is 226. The van der Waals surface area contributed by atoms with Crippen LogP contribution in [0.5, 0.6) is 0 Å². The molecule has 0 aliphatic rings. The Kier molecular flexibility index (Phi) is 28.9. The van der Waals surface area contributed by atoms with E-state index in [4.69, 9.17) is 0 Å². The van der Waals surface area contributed by atoms with Gasteiger partial charge in [0.15, 0.2) is 0 Å². The van der Waals surface area contributed by atoms with E-state index in [0.717, 1.165) is 15.2 Å². The summed E-state index contributed by atoms with van der Waals surface area (Å²) in [6.45, 7) is 0. The summed E-state index contributed by atoms with van der Waals surface area (Å²) in [5.41, 5.74) is 0. The van der Waals surface area contributed by atoms with Crippen LogP contribution < -0.4 is 0 Å². The summed E-state index contributed by atoms with van der Waals surface area (Å²) >= 11 is 0.750. The van der Waals surface area contributed by atoms with Crippen molar-refractivity contribution in [1.29, 1.82) is 0 Å². The Morgan fingerprint density at radius 3 is 1.17 bits per heavy atom. The van der Waals surface area contributed by atoms with Gasteiger partial charge in [0, 0.05) is 0 Å². The van der Waals surface area contributed by atoms with E-state index in [2.05, 4.69) is 16.9 Å². The van der Waals surface area contributed by atoms with Crippen molar-refractivity contribution in [2.24, 2.45) is 0 Å². The van der Waals surface area contributed by atoms with Crippen LogP contribution >= 0.6 is 0 Å². The molecule has 0 bridgehead atoms. The molecule has 0 heterocycles. The normalized spacial score (nSPS) is 4.67. The molecule has 0 aliphatic heterocycles. The molecular weight excluding hydrogens is 89.0 g/mol. The van der Waals surface area contributed by atoms with Gasteiger partial charge in [-0.2, -0.15) is 14.1 Å². The first-order valence-electron chi connectivity index (χ1n) is 2.05. The van der Waals surface area contributed by atoms with Crippen molar-refractivity contribution >= 4 is 15.2 Å². The quantitative estimate of drug-likeness (QED) is 0.409. The molecule has 0 saturated carbocycles. The second-order valence-electron chi connectivity index (χ2n) is 1.02. The van der Waals surface area contributed by atoms with Gasteiger partial charge in [0.1, 0.15) is 0 Å². The number of rotatable bonds is 0. The van der Waals surface area contributed by atoms with E-state index in [1.807, 2.05) is 0 Å². The van der Waals surface area contributed by atoms with Crippen LogP contribution in [0.3, 0.4) is 0 Å². The van der Waals surface area contributed by atoms with E-state index < -0.39 is 0 Å². The Bertz CT molecular complexity index is 9.51. The van der Waals surface area contributed by atoms with Crippen molar-refractivity contribution in [3.05, 3.63) is 5.32 Å². The van der Waals surface area contributed by atoms with Gasteiger partial charge in [-0.05, 0) is 0 Å². The maximum absolute atomic E-state index is 3.50. The fourth-order valence-electron chi connectivity index (χ4n) is 0. The molecule has 0 spiro atoms. The number of hydrogen-bond donors (Lipinski definition) is 0. The predicted molar refractivity (Wildman–Crippen MR) is 32.7 cm³/mol. The molecule has 0 atom stereocenters. The topological polar surface area (TPSA) is 14.1 Å².